The third-order valence-corrected chi connectivity index (χ3v) is 3.57. The maximum Gasteiger partial charge on any atom is 0.0499 e. The van der Waals surface area contributed by atoms with E-state index in [4.69, 9.17) is 0 Å². The van der Waals surface area contributed by atoms with Gasteiger partial charge in [0, 0.05) is 12.5 Å². The SMILES string of the molecule is OCC(CC1CCNCC1)c1ccccc1. The topological polar surface area (TPSA) is 32.3 Å². The summed E-state index contributed by atoms with van der Waals surface area (Å²) in [5, 5.41) is 12.9. The fraction of sp³-hybridized carbons (Fsp3) is 0.571. The Morgan fingerprint density at radius 2 is 1.88 bits per heavy atom. The van der Waals surface area contributed by atoms with E-state index in [9.17, 15) is 5.11 Å². The minimum Gasteiger partial charge on any atom is -0.396 e. The molecule has 0 spiro atoms. The summed E-state index contributed by atoms with van der Waals surface area (Å²) in [4.78, 5) is 0. The van der Waals surface area contributed by atoms with Crippen LogP contribution in [0.4, 0.5) is 0 Å². The lowest BCUT2D eigenvalue weighted by molar-refractivity contribution is 0.230. The van der Waals surface area contributed by atoms with Crippen LogP contribution in [0.15, 0.2) is 30.3 Å². The highest BCUT2D eigenvalue weighted by atomic mass is 16.3. The summed E-state index contributed by atoms with van der Waals surface area (Å²) in [7, 11) is 0. The van der Waals surface area contributed by atoms with Gasteiger partial charge in [-0.2, -0.15) is 0 Å². The Bertz CT molecular complexity index is 293. The average molecular weight is 219 g/mol. The van der Waals surface area contributed by atoms with Crippen molar-refractivity contribution in [3.8, 4) is 0 Å². The van der Waals surface area contributed by atoms with Crippen molar-refractivity contribution in [2.24, 2.45) is 5.92 Å². The van der Waals surface area contributed by atoms with Crippen LogP contribution in [0.2, 0.25) is 0 Å². The highest BCUT2D eigenvalue weighted by Crippen LogP contribution is 2.27. The highest BCUT2D eigenvalue weighted by molar-refractivity contribution is 5.19. The van der Waals surface area contributed by atoms with Crippen LogP contribution in [0.3, 0.4) is 0 Å². The second-order valence-corrected chi connectivity index (χ2v) is 4.72. The first kappa shape index (κ1) is 11.6. The predicted molar refractivity (Wildman–Crippen MR) is 66.5 cm³/mol. The smallest absolute Gasteiger partial charge is 0.0499 e. The van der Waals surface area contributed by atoms with Gasteiger partial charge in [-0.15, -0.1) is 0 Å². The molecule has 1 aromatic rings. The number of hydrogen-bond acceptors (Lipinski definition) is 2. The van der Waals surface area contributed by atoms with E-state index in [0.717, 1.165) is 25.4 Å². The van der Waals surface area contributed by atoms with Crippen LogP contribution in [0.5, 0.6) is 0 Å². The van der Waals surface area contributed by atoms with Gasteiger partial charge in [0.25, 0.3) is 0 Å². The largest absolute Gasteiger partial charge is 0.396 e. The molecule has 1 heterocycles. The normalized spacial score (nSPS) is 19.6. The van der Waals surface area contributed by atoms with E-state index in [1.54, 1.807) is 0 Å². The highest BCUT2D eigenvalue weighted by Gasteiger charge is 2.19. The molecular formula is C14H21NO. The Hall–Kier alpha value is -0.860. The molecule has 88 valence electrons. The van der Waals surface area contributed by atoms with Crippen molar-refractivity contribution in [2.45, 2.75) is 25.2 Å². The van der Waals surface area contributed by atoms with Gasteiger partial charge in [0.2, 0.25) is 0 Å². The second kappa shape index (κ2) is 6.02. The molecule has 2 heteroatoms. The van der Waals surface area contributed by atoms with Gasteiger partial charge >= 0.3 is 0 Å². The van der Waals surface area contributed by atoms with Crippen LogP contribution in [-0.4, -0.2) is 24.8 Å². The second-order valence-electron chi connectivity index (χ2n) is 4.72. The van der Waals surface area contributed by atoms with Gasteiger partial charge in [-0.25, -0.2) is 0 Å². The van der Waals surface area contributed by atoms with Gasteiger partial charge < -0.3 is 10.4 Å². The zero-order valence-electron chi connectivity index (χ0n) is 9.73. The molecule has 2 N–H and O–H groups in total. The van der Waals surface area contributed by atoms with Gasteiger partial charge in [-0.05, 0) is 43.8 Å². The molecule has 0 saturated carbocycles. The molecule has 1 unspecified atom stereocenters. The molecule has 1 aliphatic heterocycles. The molecule has 0 amide bonds. The Labute approximate surface area is 97.7 Å². The van der Waals surface area contributed by atoms with Crippen molar-refractivity contribution < 1.29 is 5.11 Å². The summed E-state index contributed by atoms with van der Waals surface area (Å²) >= 11 is 0. The minimum absolute atomic E-state index is 0.272. The van der Waals surface area contributed by atoms with E-state index in [2.05, 4.69) is 29.6 Å². The summed E-state index contributed by atoms with van der Waals surface area (Å²) < 4.78 is 0. The van der Waals surface area contributed by atoms with Crippen molar-refractivity contribution >= 4 is 0 Å². The van der Waals surface area contributed by atoms with Crippen LogP contribution >= 0.6 is 0 Å². The van der Waals surface area contributed by atoms with E-state index < -0.39 is 0 Å². The molecule has 1 atom stereocenters. The van der Waals surface area contributed by atoms with Gasteiger partial charge in [-0.1, -0.05) is 30.3 Å². The number of rotatable bonds is 4. The maximum atomic E-state index is 9.49. The van der Waals surface area contributed by atoms with Crippen LogP contribution in [-0.2, 0) is 0 Å². The van der Waals surface area contributed by atoms with Crippen molar-refractivity contribution in [1.29, 1.82) is 0 Å². The number of benzene rings is 1. The Balaban J connectivity index is 1.94. The van der Waals surface area contributed by atoms with Crippen molar-refractivity contribution in [3.63, 3.8) is 0 Å². The van der Waals surface area contributed by atoms with Crippen LogP contribution in [0.1, 0.15) is 30.7 Å². The number of nitrogens with one attached hydrogen (secondary N) is 1. The lowest BCUT2D eigenvalue weighted by atomic mass is 9.85. The molecule has 2 nitrogen and oxygen atoms in total. The summed E-state index contributed by atoms with van der Waals surface area (Å²) in [6.45, 7) is 2.54. The quantitative estimate of drug-likeness (QED) is 0.813. The first-order chi connectivity index (χ1) is 7.90. The Morgan fingerprint density at radius 3 is 2.50 bits per heavy atom. The number of aliphatic hydroxyl groups excluding tert-OH is 1. The zero-order chi connectivity index (χ0) is 11.2. The van der Waals surface area contributed by atoms with Crippen molar-refractivity contribution in [2.75, 3.05) is 19.7 Å². The van der Waals surface area contributed by atoms with Gasteiger partial charge in [0.1, 0.15) is 0 Å². The van der Waals surface area contributed by atoms with Crippen LogP contribution in [0.25, 0.3) is 0 Å². The first-order valence-corrected chi connectivity index (χ1v) is 6.26. The fourth-order valence-electron chi connectivity index (χ4n) is 2.56. The molecule has 2 rings (SSSR count). The minimum atomic E-state index is 0.272. The fourth-order valence-corrected chi connectivity index (χ4v) is 2.56. The molecule has 0 bridgehead atoms. The lowest BCUT2D eigenvalue weighted by Gasteiger charge is -2.26. The Kier molecular flexibility index (Phi) is 4.37. The summed E-state index contributed by atoms with van der Waals surface area (Å²) in [6.07, 6.45) is 3.63. The summed E-state index contributed by atoms with van der Waals surface area (Å²) in [5.74, 6) is 1.10. The number of hydrogen-bond donors (Lipinski definition) is 2. The van der Waals surface area contributed by atoms with Crippen molar-refractivity contribution in [3.05, 3.63) is 35.9 Å². The van der Waals surface area contributed by atoms with Gasteiger partial charge in [0.15, 0.2) is 0 Å². The molecule has 1 aromatic carbocycles. The monoisotopic (exact) mass is 219 g/mol. The van der Waals surface area contributed by atoms with Crippen LogP contribution in [0, 0.1) is 5.92 Å². The molecule has 0 radical (unpaired) electrons. The van der Waals surface area contributed by atoms with E-state index >= 15 is 0 Å². The molecule has 1 aliphatic rings. The molecule has 1 saturated heterocycles. The van der Waals surface area contributed by atoms with E-state index in [0.29, 0.717) is 5.92 Å². The summed E-state index contributed by atoms with van der Waals surface area (Å²) in [5.41, 5.74) is 1.28. The van der Waals surface area contributed by atoms with Gasteiger partial charge in [0.05, 0.1) is 0 Å². The van der Waals surface area contributed by atoms with Crippen molar-refractivity contribution in [1.82, 2.24) is 5.32 Å². The first-order valence-electron chi connectivity index (χ1n) is 6.26. The zero-order valence-corrected chi connectivity index (χ0v) is 9.73. The Morgan fingerprint density at radius 1 is 1.19 bits per heavy atom. The van der Waals surface area contributed by atoms with E-state index in [-0.39, 0.29) is 6.61 Å². The molecule has 0 aromatic heterocycles. The van der Waals surface area contributed by atoms with E-state index in [1.165, 1.54) is 18.4 Å². The van der Waals surface area contributed by atoms with Crippen LogP contribution < -0.4 is 5.32 Å². The lowest BCUT2D eigenvalue weighted by Crippen LogP contribution is -2.29. The summed E-state index contributed by atoms with van der Waals surface area (Å²) in [6, 6.07) is 10.4. The predicted octanol–water partition coefficient (Wildman–Crippen LogP) is 2.15. The molecule has 1 fully saturated rings. The average Bonchev–Trinajstić information content (AvgIpc) is 2.38. The molecule has 16 heavy (non-hydrogen) atoms. The maximum absolute atomic E-state index is 9.49. The van der Waals surface area contributed by atoms with Gasteiger partial charge in [-0.3, -0.25) is 0 Å². The molecular weight excluding hydrogens is 198 g/mol. The standard InChI is InChI=1S/C14H21NO/c16-11-14(13-4-2-1-3-5-13)10-12-6-8-15-9-7-12/h1-5,12,14-16H,6-11H2. The third-order valence-electron chi connectivity index (χ3n) is 3.57. The van der Waals surface area contributed by atoms with E-state index in [1.807, 2.05) is 6.07 Å². The molecule has 0 aliphatic carbocycles. The number of piperidine rings is 1. The number of aliphatic hydroxyl groups is 1. The third kappa shape index (κ3) is 3.06.